The van der Waals surface area contributed by atoms with Gasteiger partial charge in [-0.25, -0.2) is 17.1 Å². The number of nitrogens with zero attached hydrogens (tertiary/aromatic N) is 1. The lowest BCUT2D eigenvalue weighted by Gasteiger charge is -2.09. The van der Waals surface area contributed by atoms with Gasteiger partial charge in [0.25, 0.3) is 10.0 Å². The first-order chi connectivity index (χ1) is 9.82. The summed E-state index contributed by atoms with van der Waals surface area (Å²) in [5.41, 5.74) is 0.297. The number of rotatable bonds is 5. The molecule has 0 saturated heterocycles. The third-order valence-corrected chi connectivity index (χ3v) is 5.12. The van der Waals surface area contributed by atoms with Crippen LogP contribution in [0, 0.1) is 5.82 Å². The van der Waals surface area contributed by atoms with Crippen molar-refractivity contribution < 1.29 is 17.2 Å². The molecule has 1 aromatic heterocycles. The summed E-state index contributed by atoms with van der Waals surface area (Å²) < 4.78 is 44.3. The number of halogens is 2. The highest BCUT2D eigenvalue weighted by Gasteiger charge is 2.21. The number of furan rings is 1. The quantitative estimate of drug-likeness (QED) is 0.870. The zero-order chi connectivity index (χ0) is 15.6. The molecule has 0 atom stereocenters. The Labute approximate surface area is 130 Å². The fourth-order valence-electron chi connectivity index (χ4n) is 1.61. The predicted octanol–water partition coefficient (Wildman–Crippen LogP) is 3.04. The van der Waals surface area contributed by atoms with Crippen molar-refractivity contribution in [1.82, 2.24) is 4.31 Å². The van der Waals surface area contributed by atoms with Crippen molar-refractivity contribution >= 4 is 31.6 Å². The molecule has 2 aromatic rings. The number of nitrogens with one attached hydrogen (secondary N) is 1. The van der Waals surface area contributed by atoms with E-state index in [4.69, 9.17) is 4.42 Å². The van der Waals surface area contributed by atoms with Gasteiger partial charge in [0, 0.05) is 18.6 Å². The van der Waals surface area contributed by atoms with E-state index >= 15 is 0 Å². The largest absolute Gasteiger partial charge is 0.446 e. The summed E-state index contributed by atoms with van der Waals surface area (Å²) in [5, 5.41) is 2.73. The summed E-state index contributed by atoms with van der Waals surface area (Å²) in [7, 11) is -0.754. The third kappa shape index (κ3) is 3.45. The van der Waals surface area contributed by atoms with Gasteiger partial charge < -0.3 is 9.73 Å². The van der Waals surface area contributed by atoms with E-state index < -0.39 is 15.8 Å². The number of para-hydroxylation sites is 1. The standard InChI is InChI=1S/C13H14BrFN2O3S/c1-17(2)21(18,19)12-7-6-9(20-12)8-16-13-10(14)4-3-5-11(13)15/h3-7,16H,8H2,1-2H3. The van der Waals surface area contributed by atoms with Crippen LogP contribution in [-0.2, 0) is 16.6 Å². The molecule has 1 aromatic carbocycles. The first-order valence-electron chi connectivity index (χ1n) is 6.01. The summed E-state index contributed by atoms with van der Waals surface area (Å²) in [6, 6.07) is 7.53. The first kappa shape index (κ1) is 16.0. The van der Waals surface area contributed by atoms with Gasteiger partial charge in [-0.05, 0) is 40.2 Å². The van der Waals surface area contributed by atoms with Crippen LogP contribution in [0.25, 0.3) is 0 Å². The van der Waals surface area contributed by atoms with Crippen molar-refractivity contribution in [2.45, 2.75) is 11.6 Å². The fraction of sp³-hybridized carbons (Fsp3) is 0.231. The normalized spacial score (nSPS) is 11.9. The highest BCUT2D eigenvalue weighted by atomic mass is 79.9. The van der Waals surface area contributed by atoms with Crippen LogP contribution in [0.15, 0.2) is 44.3 Å². The Morgan fingerprint density at radius 2 is 2.00 bits per heavy atom. The molecule has 5 nitrogen and oxygen atoms in total. The highest BCUT2D eigenvalue weighted by Crippen LogP contribution is 2.26. The average molecular weight is 377 g/mol. The molecule has 21 heavy (non-hydrogen) atoms. The van der Waals surface area contributed by atoms with Crippen LogP contribution in [-0.4, -0.2) is 26.8 Å². The van der Waals surface area contributed by atoms with Crippen LogP contribution in [0.4, 0.5) is 10.1 Å². The van der Waals surface area contributed by atoms with E-state index in [1.165, 1.54) is 32.3 Å². The summed E-state index contributed by atoms with van der Waals surface area (Å²) in [6.45, 7) is 0.169. The number of hydrogen-bond donors (Lipinski definition) is 1. The molecule has 0 bridgehead atoms. The maximum absolute atomic E-state index is 13.6. The van der Waals surface area contributed by atoms with Crippen LogP contribution < -0.4 is 5.32 Å². The minimum absolute atomic E-state index is 0.142. The number of hydrogen-bond acceptors (Lipinski definition) is 4. The molecule has 0 fully saturated rings. The molecule has 0 amide bonds. The van der Waals surface area contributed by atoms with Gasteiger partial charge in [0.05, 0.1) is 12.2 Å². The Morgan fingerprint density at radius 3 is 2.62 bits per heavy atom. The Kier molecular flexibility index (Phi) is 4.70. The Hall–Kier alpha value is -1.38. The van der Waals surface area contributed by atoms with Gasteiger partial charge >= 0.3 is 0 Å². The molecule has 0 radical (unpaired) electrons. The van der Waals surface area contributed by atoms with Crippen LogP contribution in [0.5, 0.6) is 0 Å². The number of benzene rings is 1. The van der Waals surface area contributed by atoms with Crippen molar-refractivity contribution in [2.24, 2.45) is 0 Å². The Balaban J connectivity index is 2.14. The third-order valence-electron chi connectivity index (χ3n) is 2.77. The van der Waals surface area contributed by atoms with Crippen LogP contribution in [0.1, 0.15) is 5.76 Å². The molecule has 2 rings (SSSR count). The van der Waals surface area contributed by atoms with Crippen molar-refractivity contribution in [3.05, 3.63) is 46.4 Å². The van der Waals surface area contributed by atoms with Gasteiger partial charge in [0.15, 0.2) is 0 Å². The van der Waals surface area contributed by atoms with E-state index in [9.17, 15) is 12.8 Å². The molecule has 0 aliphatic rings. The number of sulfonamides is 1. The Morgan fingerprint density at radius 1 is 1.29 bits per heavy atom. The number of anilines is 1. The lowest BCUT2D eigenvalue weighted by atomic mass is 10.3. The molecule has 0 aliphatic heterocycles. The molecule has 0 saturated carbocycles. The van der Waals surface area contributed by atoms with Gasteiger partial charge in [-0.3, -0.25) is 0 Å². The van der Waals surface area contributed by atoms with Crippen LogP contribution in [0.3, 0.4) is 0 Å². The van der Waals surface area contributed by atoms with E-state index in [0.717, 1.165) is 4.31 Å². The van der Waals surface area contributed by atoms with E-state index in [2.05, 4.69) is 21.2 Å². The second-order valence-electron chi connectivity index (χ2n) is 4.46. The summed E-state index contributed by atoms with van der Waals surface area (Å²) in [4.78, 5) is 0. The molecular weight excluding hydrogens is 363 g/mol. The van der Waals surface area contributed by atoms with Gasteiger partial charge in [0.1, 0.15) is 11.6 Å². The van der Waals surface area contributed by atoms with Crippen molar-refractivity contribution in [2.75, 3.05) is 19.4 Å². The molecule has 0 aliphatic carbocycles. The minimum Gasteiger partial charge on any atom is -0.446 e. The molecule has 8 heteroatoms. The SMILES string of the molecule is CN(C)S(=O)(=O)c1ccc(CNc2c(F)cccc2Br)o1. The average Bonchev–Trinajstić information content (AvgIpc) is 2.87. The molecule has 1 heterocycles. The molecule has 1 N–H and O–H groups in total. The molecule has 0 spiro atoms. The van der Waals surface area contributed by atoms with Crippen molar-refractivity contribution in [1.29, 1.82) is 0 Å². The fourth-order valence-corrected chi connectivity index (χ4v) is 2.91. The van der Waals surface area contributed by atoms with E-state index in [0.29, 0.717) is 15.9 Å². The maximum Gasteiger partial charge on any atom is 0.275 e. The summed E-state index contributed by atoms with van der Waals surface area (Å²) >= 11 is 3.24. The second-order valence-corrected chi connectivity index (χ2v) is 7.40. The zero-order valence-electron chi connectivity index (χ0n) is 11.4. The van der Waals surface area contributed by atoms with Gasteiger partial charge in [-0.15, -0.1) is 0 Å². The van der Waals surface area contributed by atoms with E-state index in [1.807, 2.05) is 0 Å². The lowest BCUT2D eigenvalue weighted by Crippen LogP contribution is -2.21. The monoisotopic (exact) mass is 376 g/mol. The van der Waals surface area contributed by atoms with Gasteiger partial charge in [0.2, 0.25) is 5.09 Å². The van der Waals surface area contributed by atoms with E-state index in [1.54, 1.807) is 12.1 Å². The van der Waals surface area contributed by atoms with E-state index in [-0.39, 0.29) is 11.6 Å². The Bertz CT molecular complexity index is 723. The van der Waals surface area contributed by atoms with Crippen LogP contribution >= 0.6 is 15.9 Å². The lowest BCUT2D eigenvalue weighted by molar-refractivity contribution is 0.402. The molecule has 114 valence electrons. The van der Waals surface area contributed by atoms with Gasteiger partial charge in [-0.1, -0.05) is 6.07 Å². The smallest absolute Gasteiger partial charge is 0.275 e. The predicted molar refractivity (Wildman–Crippen MR) is 81.0 cm³/mol. The second kappa shape index (κ2) is 6.17. The topological polar surface area (TPSA) is 62.6 Å². The zero-order valence-corrected chi connectivity index (χ0v) is 13.8. The molecular formula is C13H14BrFN2O3S. The van der Waals surface area contributed by atoms with Crippen molar-refractivity contribution in [3.63, 3.8) is 0 Å². The summed E-state index contributed by atoms with van der Waals surface area (Å²) in [6.07, 6.45) is 0. The minimum atomic E-state index is -3.60. The van der Waals surface area contributed by atoms with Crippen LogP contribution in [0.2, 0.25) is 0 Å². The van der Waals surface area contributed by atoms with Gasteiger partial charge in [-0.2, -0.15) is 0 Å². The van der Waals surface area contributed by atoms with Crippen molar-refractivity contribution in [3.8, 4) is 0 Å². The molecule has 0 unspecified atom stereocenters. The maximum atomic E-state index is 13.6. The first-order valence-corrected chi connectivity index (χ1v) is 8.25. The summed E-state index contributed by atoms with van der Waals surface area (Å²) in [5.74, 6) is -0.0114. The highest BCUT2D eigenvalue weighted by molar-refractivity contribution is 9.10.